The van der Waals surface area contributed by atoms with Gasteiger partial charge in [0.1, 0.15) is 25.1 Å². The number of ether oxygens (including phenoxy) is 1. The Morgan fingerprint density at radius 2 is 2.00 bits per heavy atom. The Kier molecular flexibility index (Phi) is 4.53. The molecule has 16 heavy (non-hydrogen) atoms. The van der Waals surface area contributed by atoms with E-state index in [-0.39, 0.29) is 6.61 Å². The van der Waals surface area contributed by atoms with Crippen molar-refractivity contribution in [3.05, 3.63) is 39.9 Å². The lowest BCUT2D eigenvalue weighted by Gasteiger charge is -2.11. The zero-order valence-corrected chi connectivity index (χ0v) is 8.83. The van der Waals surface area contributed by atoms with Crippen LogP contribution in [0.3, 0.4) is 0 Å². The highest BCUT2D eigenvalue weighted by Crippen LogP contribution is 2.11. The molecule has 6 heteroatoms. The maximum atomic E-state index is 9.85. The number of rotatable bonds is 6. The predicted octanol–water partition coefficient (Wildman–Crippen LogP) is 0.943. The van der Waals surface area contributed by atoms with E-state index < -0.39 is 17.8 Å². The van der Waals surface area contributed by atoms with Gasteiger partial charge in [-0.2, -0.15) is 0 Å². The average Bonchev–Trinajstić information content (AvgIpc) is 2.25. The highest BCUT2D eigenvalue weighted by Gasteiger charge is 2.07. The number of nitrogens with zero attached hydrogens (tertiary/aromatic N) is 1. The molecule has 1 rings (SSSR count). The van der Waals surface area contributed by atoms with E-state index in [9.17, 15) is 15.2 Å². The molecule has 0 fully saturated rings. The highest BCUT2D eigenvalue weighted by atomic mass is 17.0. The Bertz CT molecular complexity index is 338. The van der Waals surface area contributed by atoms with E-state index in [4.69, 9.17) is 4.74 Å². The van der Waals surface area contributed by atoms with Crippen molar-refractivity contribution in [2.45, 2.75) is 13.0 Å². The molecule has 0 spiro atoms. The first-order valence-electron chi connectivity index (χ1n) is 4.73. The third kappa shape index (κ3) is 4.61. The molecule has 0 aliphatic carbocycles. The molecule has 0 heterocycles. The normalized spacial score (nSPS) is 11.9. The fraction of sp³-hybridized carbons (Fsp3) is 0.400. The van der Waals surface area contributed by atoms with Crippen molar-refractivity contribution >= 4 is 0 Å². The summed E-state index contributed by atoms with van der Waals surface area (Å²) in [4.78, 5) is 13.9. The molecule has 1 atom stereocenters. The fourth-order valence-electron chi connectivity index (χ4n) is 1.02. The van der Waals surface area contributed by atoms with Gasteiger partial charge in [0.15, 0.2) is 0 Å². The minimum atomic E-state index is -1.02. The van der Waals surface area contributed by atoms with Crippen LogP contribution in [0.2, 0.25) is 0 Å². The smallest absolute Gasteiger partial charge is 0.294 e. The maximum absolute atomic E-state index is 9.85. The first-order chi connectivity index (χ1) is 7.58. The molecular weight excluding hydrogens is 214 g/mol. The van der Waals surface area contributed by atoms with E-state index in [0.29, 0.717) is 5.75 Å². The summed E-state index contributed by atoms with van der Waals surface area (Å²) in [6, 6.07) is 7.26. The molecule has 1 aromatic rings. The maximum Gasteiger partial charge on any atom is 0.294 e. The Morgan fingerprint density at radius 1 is 1.38 bits per heavy atom. The molecule has 0 saturated heterocycles. The second kappa shape index (κ2) is 5.92. The van der Waals surface area contributed by atoms with Crippen LogP contribution in [0.1, 0.15) is 5.56 Å². The van der Waals surface area contributed by atoms with E-state index in [2.05, 4.69) is 4.84 Å². The summed E-state index contributed by atoms with van der Waals surface area (Å²) in [6.45, 7) is 1.51. The molecule has 6 nitrogen and oxygen atoms in total. The van der Waals surface area contributed by atoms with Gasteiger partial charge in [0, 0.05) is 0 Å². The molecule has 0 radical (unpaired) electrons. The Labute approximate surface area is 92.5 Å². The minimum absolute atomic E-state index is 0.0447. The van der Waals surface area contributed by atoms with Crippen molar-refractivity contribution in [1.82, 2.24) is 0 Å². The largest absolute Gasteiger partial charge is 0.491 e. The quantitative estimate of drug-likeness (QED) is 0.577. The number of aliphatic hydroxyl groups excluding tert-OH is 1. The number of benzene rings is 1. The van der Waals surface area contributed by atoms with E-state index >= 15 is 0 Å². The van der Waals surface area contributed by atoms with E-state index in [1.807, 2.05) is 19.1 Å². The lowest BCUT2D eigenvalue weighted by molar-refractivity contribution is -0.759. The van der Waals surface area contributed by atoms with Crippen molar-refractivity contribution in [3.63, 3.8) is 0 Å². The van der Waals surface area contributed by atoms with Crippen LogP contribution in [0, 0.1) is 17.0 Å². The van der Waals surface area contributed by atoms with Gasteiger partial charge in [0.25, 0.3) is 5.09 Å². The summed E-state index contributed by atoms with van der Waals surface area (Å²) in [6.07, 6.45) is -1.02. The average molecular weight is 227 g/mol. The molecule has 1 aromatic carbocycles. The Morgan fingerprint density at radius 3 is 2.56 bits per heavy atom. The number of hydrogen-bond donors (Lipinski definition) is 1. The van der Waals surface area contributed by atoms with Crippen LogP contribution >= 0.6 is 0 Å². The molecule has 0 bridgehead atoms. The zero-order chi connectivity index (χ0) is 12.0. The molecule has 1 N–H and O–H groups in total. The van der Waals surface area contributed by atoms with Crippen molar-refractivity contribution < 1.29 is 19.8 Å². The van der Waals surface area contributed by atoms with Gasteiger partial charge >= 0.3 is 0 Å². The summed E-state index contributed by atoms with van der Waals surface area (Å²) < 4.78 is 5.20. The Balaban J connectivity index is 2.28. The van der Waals surface area contributed by atoms with Gasteiger partial charge in [0.2, 0.25) is 0 Å². The second-order valence-electron chi connectivity index (χ2n) is 3.30. The second-order valence-corrected chi connectivity index (χ2v) is 3.30. The molecular formula is C10H13NO5. The molecule has 0 aliphatic rings. The van der Waals surface area contributed by atoms with Gasteiger partial charge in [-0.1, -0.05) is 17.7 Å². The number of aliphatic hydroxyl groups is 1. The summed E-state index contributed by atoms with van der Waals surface area (Å²) in [5.74, 6) is 0.603. The standard InChI is InChI=1S/C10H13NO5/c1-8-2-4-10(5-3-8)15-6-9(12)7-16-11(13)14/h2-5,9,12H,6-7H2,1H3. The van der Waals surface area contributed by atoms with Gasteiger partial charge < -0.3 is 14.7 Å². The van der Waals surface area contributed by atoms with Gasteiger partial charge in [-0.05, 0) is 19.1 Å². The monoisotopic (exact) mass is 227 g/mol. The van der Waals surface area contributed by atoms with Gasteiger partial charge in [-0.3, -0.25) is 0 Å². The molecule has 1 unspecified atom stereocenters. The molecule has 0 saturated carbocycles. The fourth-order valence-corrected chi connectivity index (χ4v) is 1.02. The van der Waals surface area contributed by atoms with Crippen LogP contribution < -0.4 is 4.74 Å². The van der Waals surface area contributed by atoms with Crippen LogP contribution in [0.15, 0.2) is 24.3 Å². The van der Waals surface area contributed by atoms with E-state index in [1.54, 1.807) is 12.1 Å². The van der Waals surface area contributed by atoms with Gasteiger partial charge in [0.05, 0.1) is 0 Å². The van der Waals surface area contributed by atoms with Crippen molar-refractivity contribution in [3.8, 4) is 5.75 Å². The molecule has 88 valence electrons. The lowest BCUT2D eigenvalue weighted by Crippen LogP contribution is -2.24. The lowest BCUT2D eigenvalue weighted by atomic mass is 10.2. The van der Waals surface area contributed by atoms with Gasteiger partial charge in [-0.15, -0.1) is 10.1 Å². The van der Waals surface area contributed by atoms with Crippen LogP contribution in [0.5, 0.6) is 5.75 Å². The number of aryl methyl sites for hydroxylation is 1. The van der Waals surface area contributed by atoms with E-state index in [1.165, 1.54) is 0 Å². The summed E-state index contributed by atoms with van der Waals surface area (Å²) >= 11 is 0. The SMILES string of the molecule is Cc1ccc(OCC(O)CO[N+](=O)[O-])cc1. The zero-order valence-electron chi connectivity index (χ0n) is 8.83. The Hall–Kier alpha value is -1.82. The van der Waals surface area contributed by atoms with Crippen LogP contribution in [0.25, 0.3) is 0 Å². The molecule has 0 aliphatic heterocycles. The van der Waals surface area contributed by atoms with Crippen LogP contribution in [0.4, 0.5) is 0 Å². The van der Waals surface area contributed by atoms with Crippen molar-refractivity contribution in [2.75, 3.05) is 13.2 Å². The first-order valence-corrected chi connectivity index (χ1v) is 4.73. The van der Waals surface area contributed by atoms with Crippen molar-refractivity contribution in [1.29, 1.82) is 0 Å². The minimum Gasteiger partial charge on any atom is -0.491 e. The topological polar surface area (TPSA) is 81.8 Å². The van der Waals surface area contributed by atoms with Crippen LogP contribution in [-0.4, -0.2) is 29.5 Å². The predicted molar refractivity (Wildman–Crippen MR) is 55.6 cm³/mol. The molecule has 0 amide bonds. The summed E-state index contributed by atoms with van der Waals surface area (Å²) in [5, 5.41) is 18.2. The number of hydrogen-bond acceptors (Lipinski definition) is 5. The first kappa shape index (κ1) is 12.3. The highest BCUT2D eigenvalue weighted by molar-refractivity contribution is 5.26. The summed E-state index contributed by atoms with van der Waals surface area (Å²) in [5.41, 5.74) is 1.10. The van der Waals surface area contributed by atoms with Crippen LogP contribution in [-0.2, 0) is 4.84 Å². The summed E-state index contributed by atoms with van der Waals surface area (Å²) in [7, 11) is 0. The van der Waals surface area contributed by atoms with Crippen molar-refractivity contribution in [2.24, 2.45) is 0 Å². The van der Waals surface area contributed by atoms with Gasteiger partial charge in [-0.25, -0.2) is 0 Å². The third-order valence-electron chi connectivity index (χ3n) is 1.84. The molecule has 0 aromatic heterocycles. The van der Waals surface area contributed by atoms with E-state index in [0.717, 1.165) is 5.56 Å². The third-order valence-corrected chi connectivity index (χ3v) is 1.84.